The zero-order chi connectivity index (χ0) is 13.0. The topological polar surface area (TPSA) is 72.5 Å². The molecule has 1 heterocycles. The summed E-state index contributed by atoms with van der Waals surface area (Å²) in [6, 6.07) is 12.3. The van der Waals surface area contributed by atoms with Crippen molar-refractivity contribution in [1.82, 2.24) is 4.98 Å². The summed E-state index contributed by atoms with van der Waals surface area (Å²) in [4.78, 5) is 4.08. The van der Waals surface area contributed by atoms with Crippen LogP contribution in [0.15, 0.2) is 36.5 Å². The van der Waals surface area contributed by atoms with Crippen LogP contribution in [0, 0.1) is 22.7 Å². The first-order chi connectivity index (χ1) is 8.74. The number of rotatable bonds is 2. The second-order valence-corrected chi connectivity index (χ2v) is 3.85. The zero-order valence-corrected chi connectivity index (χ0v) is 9.94. The van der Waals surface area contributed by atoms with E-state index in [9.17, 15) is 0 Å². The van der Waals surface area contributed by atoms with Gasteiger partial charge >= 0.3 is 0 Å². The molecule has 0 unspecified atom stereocenters. The molecule has 4 nitrogen and oxygen atoms in total. The highest BCUT2D eigenvalue weighted by molar-refractivity contribution is 6.32. The Balaban J connectivity index is 2.33. The van der Waals surface area contributed by atoms with E-state index in [1.54, 1.807) is 36.5 Å². The third-order valence-electron chi connectivity index (χ3n) is 2.28. The minimum Gasteiger partial charge on any atom is -0.339 e. The molecule has 0 aliphatic heterocycles. The first-order valence-electron chi connectivity index (χ1n) is 5.06. The average molecular weight is 255 g/mol. The van der Waals surface area contributed by atoms with E-state index < -0.39 is 0 Å². The first-order valence-corrected chi connectivity index (χ1v) is 5.44. The largest absolute Gasteiger partial charge is 0.339 e. The summed E-state index contributed by atoms with van der Waals surface area (Å²) in [6.45, 7) is 0. The molecule has 0 radical (unpaired) electrons. The van der Waals surface area contributed by atoms with E-state index in [1.807, 2.05) is 12.1 Å². The molecular formula is C13H7ClN4. The maximum absolute atomic E-state index is 8.93. The second kappa shape index (κ2) is 5.18. The number of anilines is 2. The van der Waals surface area contributed by atoms with Gasteiger partial charge in [-0.2, -0.15) is 10.5 Å². The van der Waals surface area contributed by atoms with Gasteiger partial charge in [-0.05, 0) is 30.3 Å². The summed E-state index contributed by atoms with van der Waals surface area (Å²) in [5, 5.41) is 21.1. The molecule has 2 rings (SSSR count). The predicted molar refractivity (Wildman–Crippen MR) is 68.4 cm³/mol. The summed E-state index contributed by atoms with van der Waals surface area (Å²) in [5.41, 5.74) is 1.52. The van der Waals surface area contributed by atoms with E-state index in [0.717, 1.165) is 0 Å². The van der Waals surface area contributed by atoms with Gasteiger partial charge in [-0.25, -0.2) is 4.98 Å². The lowest BCUT2D eigenvalue weighted by atomic mass is 10.2. The molecule has 2 aromatic rings. The van der Waals surface area contributed by atoms with Gasteiger partial charge in [-0.3, -0.25) is 0 Å². The van der Waals surface area contributed by atoms with Gasteiger partial charge < -0.3 is 5.32 Å². The Morgan fingerprint density at radius 2 is 1.89 bits per heavy atom. The number of halogens is 1. The van der Waals surface area contributed by atoms with Crippen LogP contribution in [0.5, 0.6) is 0 Å². The zero-order valence-electron chi connectivity index (χ0n) is 9.18. The van der Waals surface area contributed by atoms with Gasteiger partial charge in [0, 0.05) is 11.9 Å². The van der Waals surface area contributed by atoms with Gasteiger partial charge in [-0.1, -0.05) is 11.6 Å². The van der Waals surface area contributed by atoms with Crippen molar-refractivity contribution in [3.63, 3.8) is 0 Å². The molecule has 18 heavy (non-hydrogen) atoms. The molecule has 0 saturated carbocycles. The van der Waals surface area contributed by atoms with Crippen LogP contribution >= 0.6 is 11.6 Å². The normalized spacial score (nSPS) is 9.28. The van der Waals surface area contributed by atoms with Crippen LogP contribution in [0.2, 0.25) is 5.02 Å². The number of hydrogen-bond donors (Lipinski definition) is 1. The number of hydrogen-bond acceptors (Lipinski definition) is 4. The van der Waals surface area contributed by atoms with Crippen molar-refractivity contribution in [2.45, 2.75) is 0 Å². The van der Waals surface area contributed by atoms with Gasteiger partial charge in [0.2, 0.25) is 0 Å². The Bertz CT molecular complexity index is 667. The highest BCUT2D eigenvalue weighted by Crippen LogP contribution is 2.23. The lowest BCUT2D eigenvalue weighted by Gasteiger charge is -2.07. The van der Waals surface area contributed by atoms with Gasteiger partial charge in [0.05, 0.1) is 16.1 Å². The SMILES string of the molecule is N#Cc1ccc(Nc2ncccc2C#N)cc1Cl. The molecule has 86 valence electrons. The van der Waals surface area contributed by atoms with Crippen molar-refractivity contribution in [1.29, 1.82) is 10.5 Å². The summed E-state index contributed by atoms with van der Waals surface area (Å²) in [5.74, 6) is 0.459. The van der Waals surface area contributed by atoms with Crippen molar-refractivity contribution in [2.75, 3.05) is 5.32 Å². The predicted octanol–water partition coefficient (Wildman–Crippen LogP) is 3.22. The van der Waals surface area contributed by atoms with E-state index in [-0.39, 0.29) is 0 Å². The smallest absolute Gasteiger partial charge is 0.148 e. The van der Waals surface area contributed by atoms with Crippen molar-refractivity contribution in [3.05, 3.63) is 52.7 Å². The van der Waals surface area contributed by atoms with E-state index in [2.05, 4.69) is 10.3 Å². The summed E-state index contributed by atoms with van der Waals surface area (Å²) in [6.07, 6.45) is 1.59. The highest BCUT2D eigenvalue weighted by atomic mass is 35.5. The second-order valence-electron chi connectivity index (χ2n) is 3.44. The van der Waals surface area contributed by atoms with E-state index in [4.69, 9.17) is 22.1 Å². The minimum absolute atomic E-state index is 0.358. The summed E-state index contributed by atoms with van der Waals surface area (Å²) < 4.78 is 0. The number of nitrogens with one attached hydrogen (secondary N) is 1. The lowest BCUT2D eigenvalue weighted by Crippen LogP contribution is -1.96. The number of benzene rings is 1. The molecule has 0 saturated heterocycles. The number of aromatic nitrogens is 1. The van der Waals surface area contributed by atoms with Crippen LogP contribution in [0.4, 0.5) is 11.5 Å². The van der Waals surface area contributed by atoms with Crippen molar-refractivity contribution in [2.24, 2.45) is 0 Å². The van der Waals surface area contributed by atoms with Crippen molar-refractivity contribution < 1.29 is 0 Å². The maximum atomic E-state index is 8.93. The van der Waals surface area contributed by atoms with E-state index >= 15 is 0 Å². The molecule has 0 bridgehead atoms. The Morgan fingerprint density at radius 3 is 2.56 bits per heavy atom. The molecule has 5 heteroatoms. The standard InChI is InChI=1S/C13H7ClN4/c14-12-6-11(4-3-9(12)7-15)18-13-10(8-16)2-1-5-17-13/h1-6H,(H,17,18). The van der Waals surface area contributed by atoms with E-state index in [1.165, 1.54) is 0 Å². The fourth-order valence-electron chi connectivity index (χ4n) is 1.42. The van der Waals surface area contributed by atoms with Gasteiger partial charge in [-0.15, -0.1) is 0 Å². The first kappa shape index (κ1) is 11.9. The quantitative estimate of drug-likeness (QED) is 0.893. The molecular weight excluding hydrogens is 248 g/mol. The van der Waals surface area contributed by atoms with Gasteiger partial charge in [0.15, 0.2) is 0 Å². The summed E-state index contributed by atoms with van der Waals surface area (Å²) >= 11 is 5.92. The monoisotopic (exact) mass is 254 g/mol. The average Bonchev–Trinajstić information content (AvgIpc) is 2.39. The minimum atomic E-state index is 0.358. The molecule has 0 aliphatic rings. The van der Waals surface area contributed by atoms with Gasteiger partial charge in [0.1, 0.15) is 18.0 Å². The number of nitriles is 2. The third kappa shape index (κ3) is 2.40. The van der Waals surface area contributed by atoms with Crippen LogP contribution in [-0.4, -0.2) is 4.98 Å². The fraction of sp³-hybridized carbons (Fsp3) is 0. The van der Waals surface area contributed by atoms with Gasteiger partial charge in [0.25, 0.3) is 0 Å². The summed E-state index contributed by atoms with van der Waals surface area (Å²) in [7, 11) is 0. The van der Waals surface area contributed by atoms with Crippen molar-refractivity contribution >= 4 is 23.1 Å². The fourth-order valence-corrected chi connectivity index (χ4v) is 1.64. The Morgan fingerprint density at radius 1 is 1.11 bits per heavy atom. The Kier molecular flexibility index (Phi) is 3.43. The Hall–Kier alpha value is -2.56. The Labute approximate surface area is 109 Å². The highest BCUT2D eigenvalue weighted by Gasteiger charge is 2.05. The lowest BCUT2D eigenvalue weighted by molar-refractivity contribution is 1.28. The van der Waals surface area contributed by atoms with E-state index in [0.29, 0.717) is 27.7 Å². The molecule has 0 fully saturated rings. The van der Waals surface area contributed by atoms with Crippen LogP contribution in [0.1, 0.15) is 11.1 Å². The van der Waals surface area contributed by atoms with Crippen LogP contribution in [0.3, 0.4) is 0 Å². The number of pyridine rings is 1. The van der Waals surface area contributed by atoms with Crippen LogP contribution in [-0.2, 0) is 0 Å². The molecule has 0 spiro atoms. The molecule has 1 N–H and O–H groups in total. The molecule has 1 aromatic carbocycles. The molecule has 0 aliphatic carbocycles. The third-order valence-corrected chi connectivity index (χ3v) is 2.59. The maximum Gasteiger partial charge on any atom is 0.148 e. The molecule has 1 aromatic heterocycles. The van der Waals surface area contributed by atoms with Crippen LogP contribution in [0.25, 0.3) is 0 Å². The van der Waals surface area contributed by atoms with Crippen molar-refractivity contribution in [3.8, 4) is 12.1 Å². The molecule has 0 amide bonds. The molecule has 0 atom stereocenters. The van der Waals surface area contributed by atoms with Crippen LogP contribution < -0.4 is 5.32 Å². The number of nitrogens with zero attached hydrogens (tertiary/aromatic N) is 3.